The summed E-state index contributed by atoms with van der Waals surface area (Å²) >= 11 is 0. The monoisotopic (exact) mass is 296 g/mol. The highest BCUT2D eigenvalue weighted by atomic mass is 19.1. The van der Waals surface area contributed by atoms with Crippen molar-refractivity contribution in [2.24, 2.45) is 0 Å². The van der Waals surface area contributed by atoms with E-state index >= 15 is 0 Å². The van der Waals surface area contributed by atoms with E-state index in [1.54, 1.807) is 6.07 Å². The molecule has 0 amide bonds. The van der Waals surface area contributed by atoms with Crippen LogP contribution in [0.4, 0.5) is 8.78 Å². The molecule has 2 atom stereocenters. The third-order valence-corrected chi connectivity index (χ3v) is 5.12. The SMILES string of the molecule is CCC1(C)CN(Cc2ccc(F)cc2F)C(C)(CC)CN1. The lowest BCUT2D eigenvalue weighted by atomic mass is 9.85. The predicted molar refractivity (Wildman–Crippen MR) is 82.2 cm³/mol. The molecule has 2 nitrogen and oxygen atoms in total. The lowest BCUT2D eigenvalue weighted by Crippen LogP contribution is -2.67. The van der Waals surface area contributed by atoms with Gasteiger partial charge in [0.1, 0.15) is 11.6 Å². The van der Waals surface area contributed by atoms with E-state index in [0.717, 1.165) is 32.0 Å². The quantitative estimate of drug-likeness (QED) is 0.911. The summed E-state index contributed by atoms with van der Waals surface area (Å²) in [4.78, 5) is 2.34. The van der Waals surface area contributed by atoms with Crippen molar-refractivity contribution in [3.05, 3.63) is 35.4 Å². The minimum atomic E-state index is -0.520. The first-order valence-corrected chi connectivity index (χ1v) is 7.76. The average Bonchev–Trinajstić information content (AvgIpc) is 2.46. The smallest absolute Gasteiger partial charge is 0.130 e. The maximum Gasteiger partial charge on any atom is 0.130 e. The molecule has 1 N–H and O–H groups in total. The molecule has 1 saturated heterocycles. The topological polar surface area (TPSA) is 15.3 Å². The molecular formula is C17H26F2N2. The van der Waals surface area contributed by atoms with Gasteiger partial charge in [0.25, 0.3) is 0 Å². The molecule has 1 fully saturated rings. The first-order chi connectivity index (χ1) is 9.82. The van der Waals surface area contributed by atoms with E-state index in [4.69, 9.17) is 0 Å². The molecule has 4 heteroatoms. The summed E-state index contributed by atoms with van der Waals surface area (Å²) in [7, 11) is 0. The molecule has 0 bridgehead atoms. The van der Waals surface area contributed by atoms with E-state index < -0.39 is 11.6 Å². The molecule has 0 spiro atoms. The zero-order chi connectivity index (χ0) is 15.7. The lowest BCUT2D eigenvalue weighted by molar-refractivity contribution is 0.00970. The fourth-order valence-corrected chi connectivity index (χ4v) is 2.87. The third-order valence-electron chi connectivity index (χ3n) is 5.12. The van der Waals surface area contributed by atoms with Crippen molar-refractivity contribution in [2.45, 2.75) is 58.2 Å². The van der Waals surface area contributed by atoms with Crippen molar-refractivity contribution >= 4 is 0 Å². The van der Waals surface area contributed by atoms with Gasteiger partial charge in [-0.1, -0.05) is 19.9 Å². The Morgan fingerprint density at radius 1 is 1.19 bits per heavy atom. The van der Waals surface area contributed by atoms with Crippen molar-refractivity contribution < 1.29 is 8.78 Å². The van der Waals surface area contributed by atoms with Crippen molar-refractivity contribution in [1.29, 1.82) is 0 Å². The highest BCUT2D eigenvalue weighted by molar-refractivity contribution is 5.19. The zero-order valence-corrected chi connectivity index (χ0v) is 13.5. The van der Waals surface area contributed by atoms with E-state index in [2.05, 4.69) is 37.9 Å². The average molecular weight is 296 g/mol. The van der Waals surface area contributed by atoms with Gasteiger partial charge in [0.15, 0.2) is 0 Å². The van der Waals surface area contributed by atoms with E-state index in [0.29, 0.717) is 12.1 Å². The van der Waals surface area contributed by atoms with Crippen LogP contribution in [0.1, 0.15) is 46.1 Å². The number of rotatable bonds is 4. The highest BCUT2D eigenvalue weighted by Gasteiger charge is 2.40. The largest absolute Gasteiger partial charge is 0.308 e. The molecule has 1 heterocycles. The second-order valence-electron chi connectivity index (χ2n) is 6.71. The van der Waals surface area contributed by atoms with Gasteiger partial charge in [0.05, 0.1) is 0 Å². The van der Waals surface area contributed by atoms with Crippen molar-refractivity contribution in [3.63, 3.8) is 0 Å². The molecule has 118 valence electrons. The lowest BCUT2D eigenvalue weighted by Gasteiger charge is -2.52. The number of piperazine rings is 1. The fourth-order valence-electron chi connectivity index (χ4n) is 2.87. The molecule has 2 unspecified atom stereocenters. The van der Waals surface area contributed by atoms with Crippen LogP contribution in [0.3, 0.4) is 0 Å². The van der Waals surface area contributed by atoms with Gasteiger partial charge in [-0.15, -0.1) is 0 Å². The van der Waals surface area contributed by atoms with Gasteiger partial charge in [-0.2, -0.15) is 0 Å². The second kappa shape index (κ2) is 6.01. The molecule has 0 radical (unpaired) electrons. The minimum absolute atomic E-state index is 0.00446. The minimum Gasteiger partial charge on any atom is -0.308 e. The van der Waals surface area contributed by atoms with Crippen LogP contribution in [0.5, 0.6) is 0 Å². The van der Waals surface area contributed by atoms with Gasteiger partial charge >= 0.3 is 0 Å². The standard InChI is InChI=1S/C17H26F2N2/c1-5-16(3)12-21(17(4,6-2)11-20-16)10-13-7-8-14(18)9-15(13)19/h7-9,20H,5-6,10-12H2,1-4H3. The Balaban J connectivity index is 2.24. The fraction of sp³-hybridized carbons (Fsp3) is 0.647. The van der Waals surface area contributed by atoms with E-state index in [1.165, 1.54) is 6.07 Å². The predicted octanol–water partition coefficient (Wildman–Crippen LogP) is 3.71. The first kappa shape index (κ1) is 16.4. The van der Waals surface area contributed by atoms with Crippen LogP contribution in [-0.2, 0) is 6.54 Å². The van der Waals surface area contributed by atoms with Crippen molar-refractivity contribution in [3.8, 4) is 0 Å². The second-order valence-corrected chi connectivity index (χ2v) is 6.71. The Morgan fingerprint density at radius 3 is 2.48 bits per heavy atom. The van der Waals surface area contributed by atoms with Crippen LogP contribution in [0.25, 0.3) is 0 Å². The number of benzene rings is 1. The number of nitrogens with one attached hydrogen (secondary N) is 1. The summed E-state index contributed by atoms with van der Waals surface area (Å²) in [5.74, 6) is -0.974. The number of hydrogen-bond acceptors (Lipinski definition) is 2. The third kappa shape index (κ3) is 3.43. The van der Waals surface area contributed by atoms with Crippen molar-refractivity contribution in [2.75, 3.05) is 13.1 Å². The molecule has 1 aromatic rings. The maximum atomic E-state index is 14.0. The van der Waals surface area contributed by atoms with Gasteiger partial charge < -0.3 is 5.32 Å². The van der Waals surface area contributed by atoms with Crippen molar-refractivity contribution in [1.82, 2.24) is 10.2 Å². The number of hydrogen-bond donors (Lipinski definition) is 1. The Hall–Kier alpha value is -1.00. The normalized spacial score (nSPS) is 30.6. The summed E-state index contributed by atoms with van der Waals surface area (Å²) in [6.07, 6.45) is 2.01. The van der Waals surface area contributed by atoms with Crippen LogP contribution < -0.4 is 5.32 Å². The summed E-state index contributed by atoms with van der Waals surface area (Å²) < 4.78 is 27.0. The molecule has 0 saturated carbocycles. The Morgan fingerprint density at radius 2 is 1.90 bits per heavy atom. The molecule has 1 aromatic carbocycles. The summed E-state index contributed by atoms with van der Waals surface area (Å²) in [5, 5.41) is 3.63. The summed E-state index contributed by atoms with van der Waals surface area (Å²) in [5.41, 5.74) is 0.608. The van der Waals surface area contributed by atoms with Crippen LogP contribution in [0.15, 0.2) is 18.2 Å². The summed E-state index contributed by atoms with van der Waals surface area (Å²) in [6, 6.07) is 3.87. The Kier molecular flexibility index (Phi) is 4.69. The Bertz CT molecular complexity index is 506. The molecule has 0 aliphatic carbocycles. The van der Waals surface area contributed by atoms with Crippen LogP contribution in [0, 0.1) is 11.6 Å². The van der Waals surface area contributed by atoms with Gasteiger partial charge in [-0.25, -0.2) is 8.78 Å². The molecular weight excluding hydrogens is 270 g/mol. The molecule has 1 aliphatic rings. The first-order valence-electron chi connectivity index (χ1n) is 7.76. The van der Waals surface area contributed by atoms with Gasteiger partial charge in [-0.05, 0) is 32.8 Å². The summed E-state index contributed by atoms with van der Waals surface area (Å²) in [6.45, 7) is 11.0. The van der Waals surface area contributed by atoms with Gasteiger partial charge in [0.2, 0.25) is 0 Å². The van der Waals surface area contributed by atoms with Crippen LogP contribution in [-0.4, -0.2) is 29.1 Å². The number of halogens is 2. The Labute approximate surface area is 126 Å². The van der Waals surface area contributed by atoms with Gasteiger partial charge in [-0.3, -0.25) is 4.90 Å². The zero-order valence-electron chi connectivity index (χ0n) is 13.5. The van der Waals surface area contributed by atoms with E-state index in [-0.39, 0.29) is 11.1 Å². The maximum absolute atomic E-state index is 14.0. The number of nitrogens with zero attached hydrogens (tertiary/aromatic N) is 1. The molecule has 21 heavy (non-hydrogen) atoms. The van der Waals surface area contributed by atoms with E-state index in [1.807, 2.05) is 0 Å². The molecule has 2 rings (SSSR count). The van der Waals surface area contributed by atoms with Crippen LogP contribution in [0.2, 0.25) is 0 Å². The molecule has 0 aromatic heterocycles. The van der Waals surface area contributed by atoms with Gasteiger partial charge in [0, 0.05) is 42.3 Å². The van der Waals surface area contributed by atoms with Crippen LogP contribution >= 0.6 is 0 Å². The van der Waals surface area contributed by atoms with E-state index in [9.17, 15) is 8.78 Å². The molecule has 1 aliphatic heterocycles. The highest BCUT2D eigenvalue weighted by Crippen LogP contribution is 2.30.